The first-order valence-electron chi connectivity index (χ1n) is 8.09. The summed E-state index contributed by atoms with van der Waals surface area (Å²) in [5.41, 5.74) is 0.654. The topological polar surface area (TPSA) is 78.1 Å². The number of H-pyrrole nitrogens is 1. The molecule has 3 rings (SSSR count). The fourth-order valence-corrected chi connectivity index (χ4v) is 3.18. The number of piperidine rings is 1. The van der Waals surface area contributed by atoms with Crippen molar-refractivity contribution in [1.29, 1.82) is 0 Å². The molecule has 23 heavy (non-hydrogen) atoms. The van der Waals surface area contributed by atoms with E-state index < -0.39 is 0 Å². The molecule has 1 fully saturated rings. The summed E-state index contributed by atoms with van der Waals surface area (Å²) in [7, 11) is 0. The zero-order valence-electron chi connectivity index (χ0n) is 13.3. The van der Waals surface area contributed by atoms with Crippen molar-refractivity contribution < 1.29 is 4.79 Å². The van der Waals surface area contributed by atoms with Crippen molar-refractivity contribution in [2.24, 2.45) is 0 Å². The molecule has 2 aromatic rings. The summed E-state index contributed by atoms with van der Waals surface area (Å²) in [5, 5.41) is 3.61. The number of carbonyl (C=O) groups excluding carboxylic acids is 1. The summed E-state index contributed by atoms with van der Waals surface area (Å²) in [6.45, 7) is 4.27. The smallest absolute Gasteiger partial charge is 0.258 e. The minimum absolute atomic E-state index is 0.0253. The predicted octanol–water partition coefficient (Wildman–Crippen LogP) is 1.07. The van der Waals surface area contributed by atoms with Gasteiger partial charge in [-0.25, -0.2) is 4.98 Å². The van der Waals surface area contributed by atoms with Gasteiger partial charge in [-0.05, 0) is 31.5 Å². The van der Waals surface area contributed by atoms with Crippen LogP contribution in [0.25, 0.3) is 10.9 Å². The second kappa shape index (κ2) is 6.91. The van der Waals surface area contributed by atoms with E-state index in [9.17, 15) is 9.59 Å². The van der Waals surface area contributed by atoms with Gasteiger partial charge in [0.1, 0.15) is 5.82 Å². The lowest BCUT2D eigenvalue weighted by molar-refractivity contribution is -0.120. The third-order valence-electron chi connectivity index (χ3n) is 4.24. The van der Waals surface area contributed by atoms with Gasteiger partial charge >= 0.3 is 0 Å². The van der Waals surface area contributed by atoms with Gasteiger partial charge in [-0.3, -0.25) is 9.59 Å². The lowest BCUT2D eigenvalue weighted by Gasteiger charge is -2.32. The molecule has 0 bridgehead atoms. The molecule has 0 saturated carbocycles. The van der Waals surface area contributed by atoms with Gasteiger partial charge in [0.25, 0.3) is 5.56 Å². The third kappa shape index (κ3) is 3.96. The molecule has 0 spiro atoms. The summed E-state index contributed by atoms with van der Waals surface area (Å²) in [6, 6.07) is 7.61. The van der Waals surface area contributed by atoms with Crippen LogP contribution < -0.4 is 10.9 Å². The number of rotatable bonds is 4. The number of nitrogens with zero attached hydrogens (tertiary/aromatic N) is 2. The van der Waals surface area contributed by atoms with Crippen LogP contribution in [-0.2, 0) is 11.2 Å². The molecular formula is C17H22N4O2. The number of likely N-dealkylation sites (tertiary alicyclic amines) is 1. The highest BCUT2D eigenvalue weighted by Gasteiger charge is 2.20. The minimum atomic E-state index is -0.0830. The summed E-state index contributed by atoms with van der Waals surface area (Å²) in [5.74, 6) is 0.743. The summed E-state index contributed by atoms with van der Waals surface area (Å²) < 4.78 is 0. The number of fused-ring (bicyclic) bond motifs is 1. The summed E-state index contributed by atoms with van der Waals surface area (Å²) in [4.78, 5) is 33.0. The first-order chi connectivity index (χ1) is 11.1. The standard InChI is InChI=1S/C17H22N4O2/c1-12(22)18-13-5-4-9-21(11-13)10-8-16-19-15-7-3-2-6-14(15)17(23)20-16/h2-3,6-7,13H,4-5,8-11H2,1H3,(H,18,22)(H,19,20,23). The van der Waals surface area contributed by atoms with Gasteiger partial charge in [-0.1, -0.05) is 12.1 Å². The van der Waals surface area contributed by atoms with E-state index in [1.165, 1.54) is 0 Å². The van der Waals surface area contributed by atoms with Gasteiger partial charge in [-0.2, -0.15) is 0 Å². The maximum absolute atomic E-state index is 12.1. The number of carbonyl (C=O) groups is 1. The summed E-state index contributed by atoms with van der Waals surface area (Å²) in [6.07, 6.45) is 2.81. The predicted molar refractivity (Wildman–Crippen MR) is 89.3 cm³/mol. The number of aromatic amines is 1. The SMILES string of the molecule is CC(=O)NC1CCCN(CCc2nc3ccccc3c(=O)[nH]2)C1. The molecule has 0 aliphatic carbocycles. The first kappa shape index (κ1) is 15.7. The van der Waals surface area contributed by atoms with Crippen LogP contribution in [0.2, 0.25) is 0 Å². The van der Waals surface area contributed by atoms with E-state index >= 15 is 0 Å². The Labute approximate surface area is 134 Å². The Balaban J connectivity index is 1.64. The molecular weight excluding hydrogens is 292 g/mol. The van der Waals surface area contributed by atoms with Crippen LogP contribution >= 0.6 is 0 Å². The molecule has 1 saturated heterocycles. The van der Waals surface area contributed by atoms with Crippen molar-refractivity contribution in [1.82, 2.24) is 20.2 Å². The second-order valence-corrected chi connectivity index (χ2v) is 6.12. The Kier molecular flexibility index (Phi) is 4.71. The molecule has 1 amide bonds. The summed E-state index contributed by atoms with van der Waals surface area (Å²) >= 11 is 0. The number of amides is 1. The van der Waals surface area contributed by atoms with Crippen molar-refractivity contribution in [3.63, 3.8) is 0 Å². The molecule has 6 nitrogen and oxygen atoms in total. The Bertz CT molecular complexity index is 756. The van der Waals surface area contributed by atoms with Crippen LogP contribution in [0, 0.1) is 0 Å². The number of hydrogen-bond donors (Lipinski definition) is 2. The average Bonchev–Trinajstić information content (AvgIpc) is 2.53. The maximum atomic E-state index is 12.1. The number of aromatic nitrogens is 2. The largest absolute Gasteiger partial charge is 0.352 e. The van der Waals surface area contributed by atoms with E-state index in [1.807, 2.05) is 18.2 Å². The monoisotopic (exact) mass is 314 g/mol. The molecule has 1 atom stereocenters. The van der Waals surface area contributed by atoms with E-state index in [0.717, 1.165) is 43.8 Å². The van der Waals surface area contributed by atoms with Crippen molar-refractivity contribution in [2.45, 2.75) is 32.2 Å². The highest BCUT2D eigenvalue weighted by Crippen LogP contribution is 2.11. The number of para-hydroxylation sites is 1. The molecule has 2 heterocycles. The van der Waals surface area contributed by atoms with Gasteiger partial charge in [0.05, 0.1) is 10.9 Å². The van der Waals surface area contributed by atoms with E-state index in [0.29, 0.717) is 11.8 Å². The average molecular weight is 314 g/mol. The quantitative estimate of drug-likeness (QED) is 0.885. The van der Waals surface area contributed by atoms with Crippen LogP contribution in [0.5, 0.6) is 0 Å². The lowest BCUT2D eigenvalue weighted by Crippen LogP contribution is -2.47. The fourth-order valence-electron chi connectivity index (χ4n) is 3.18. The van der Waals surface area contributed by atoms with Crippen LogP contribution in [0.1, 0.15) is 25.6 Å². The van der Waals surface area contributed by atoms with E-state index in [1.54, 1.807) is 13.0 Å². The van der Waals surface area contributed by atoms with E-state index in [2.05, 4.69) is 20.2 Å². The van der Waals surface area contributed by atoms with Gasteiger partial charge in [-0.15, -0.1) is 0 Å². The molecule has 1 aromatic carbocycles. The molecule has 6 heteroatoms. The lowest BCUT2D eigenvalue weighted by atomic mass is 10.1. The van der Waals surface area contributed by atoms with Gasteiger partial charge in [0, 0.05) is 32.5 Å². The van der Waals surface area contributed by atoms with Crippen molar-refractivity contribution >= 4 is 16.8 Å². The number of benzene rings is 1. The van der Waals surface area contributed by atoms with Gasteiger partial charge in [0.2, 0.25) is 5.91 Å². The highest BCUT2D eigenvalue weighted by molar-refractivity contribution is 5.77. The third-order valence-corrected chi connectivity index (χ3v) is 4.24. The molecule has 1 unspecified atom stereocenters. The Morgan fingerprint density at radius 2 is 2.26 bits per heavy atom. The van der Waals surface area contributed by atoms with Gasteiger partial charge in [0.15, 0.2) is 0 Å². The molecule has 1 aromatic heterocycles. The Morgan fingerprint density at radius 3 is 3.09 bits per heavy atom. The number of hydrogen-bond acceptors (Lipinski definition) is 4. The first-order valence-corrected chi connectivity index (χ1v) is 8.09. The number of nitrogens with one attached hydrogen (secondary N) is 2. The molecule has 1 aliphatic heterocycles. The van der Waals surface area contributed by atoms with Crippen molar-refractivity contribution in [3.05, 3.63) is 40.4 Å². The zero-order chi connectivity index (χ0) is 16.2. The zero-order valence-corrected chi connectivity index (χ0v) is 13.3. The fraction of sp³-hybridized carbons (Fsp3) is 0.471. The molecule has 122 valence electrons. The maximum Gasteiger partial charge on any atom is 0.258 e. The van der Waals surface area contributed by atoms with Crippen LogP contribution in [-0.4, -0.2) is 46.5 Å². The Hall–Kier alpha value is -2.21. The van der Waals surface area contributed by atoms with Crippen molar-refractivity contribution in [3.8, 4) is 0 Å². The highest BCUT2D eigenvalue weighted by atomic mass is 16.1. The van der Waals surface area contributed by atoms with E-state index in [4.69, 9.17) is 0 Å². The van der Waals surface area contributed by atoms with E-state index in [-0.39, 0.29) is 17.5 Å². The minimum Gasteiger partial charge on any atom is -0.352 e. The van der Waals surface area contributed by atoms with Gasteiger partial charge < -0.3 is 15.2 Å². The normalized spacial score (nSPS) is 18.9. The van der Waals surface area contributed by atoms with Crippen LogP contribution in [0.4, 0.5) is 0 Å². The second-order valence-electron chi connectivity index (χ2n) is 6.12. The molecule has 2 N–H and O–H groups in total. The Morgan fingerprint density at radius 1 is 1.43 bits per heavy atom. The molecule has 1 aliphatic rings. The molecule has 0 radical (unpaired) electrons. The van der Waals surface area contributed by atoms with Crippen LogP contribution in [0.3, 0.4) is 0 Å². The van der Waals surface area contributed by atoms with Crippen LogP contribution in [0.15, 0.2) is 29.1 Å². The van der Waals surface area contributed by atoms with Crippen molar-refractivity contribution in [2.75, 3.05) is 19.6 Å².